The lowest BCUT2D eigenvalue weighted by molar-refractivity contribution is 0.102. The monoisotopic (exact) mass is 278 g/mol. The van der Waals surface area contributed by atoms with Crippen molar-refractivity contribution < 1.29 is 9.47 Å². The molecule has 0 N–H and O–H groups in total. The predicted molar refractivity (Wildman–Crippen MR) is 48.0 cm³/mol. The molecule has 1 aliphatic heterocycles. The molecule has 1 heterocycles. The summed E-state index contributed by atoms with van der Waals surface area (Å²) in [5.41, 5.74) is 0. The number of fused-ring (bicyclic) bond motifs is 2. The van der Waals surface area contributed by atoms with Crippen molar-refractivity contribution >= 4 is 31.9 Å². The lowest BCUT2D eigenvalue weighted by Gasteiger charge is -2.19. The van der Waals surface area contributed by atoms with Gasteiger partial charge >= 0.3 is 0 Å². The minimum Gasteiger partial charge on any atom is -0.456 e. The smallest absolute Gasteiger partial charge is 0.231 e. The Morgan fingerprint density at radius 2 is 2.00 bits per heavy atom. The number of halogens is 2. The molecule has 11 heavy (non-hydrogen) atoms. The van der Waals surface area contributed by atoms with E-state index in [-0.39, 0.29) is 0 Å². The molecule has 58 valence electrons. The first kappa shape index (κ1) is 7.43. The summed E-state index contributed by atoms with van der Waals surface area (Å²) in [7, 11) is 0. The highest BCUT2D eigenvalue weighted by Crippen LogP contribution is 2.42. The SMILES string of the molecule is Brc1ccc2c(Br)c1OCO2. The fourth-order valence-electron chi connectivity index (χ4n) is 0.910. The van der Waals surface area contributed by atoms with E-state index in [4.69, 9.17) is 9.47 Å². The maximum Gasteiger partial charge on any atom is 0.231 e. The van der Waals surface area contributed by atoms with E-state index in [2.05, 4.69) is 31.9 Å². The van der Waals surface area contributed by atoms with Crippen LogP contribution in [0.25, 0.3) is 0 Å². The number of hydrogen-bond donors (Lipinski definition) is 0. The Kier molecular flexibility index (Phi) is 1.81. The Bertz CT molecular complexity index is 299. The minimum absolute atomic E-state index is 0.291. The second kappa shape index (κ2) is 2.68. The van der Waals surface area contributed by atoms with Crippen molar-refractivity contribution in [3.05, 3.63) is 21.1 Å². The highest BCUT2D eigenvalue weighted by atomic mass is 79.9. The molecular weight excluding hydrogens is 276 g/mol. The summed E-state index contributed by atoms with van der Waals surface area (Å²) in [6, 6.07) is 3.79. The van der Waals surface area contributed by atoms with Gasteiger partial charge in [-0.25, -0.2) is 0 Å². The molecule has 2 bridgehead atoms. The zero-order chi connectivity index (χ0) is 7.84. The molecule has 2 nitrogen and oxygen atoms in total. The van der Waals surface area contributed by atoms with Crippen molar-refractivity contribution in [3.8, 4) is 11.5 Å². The van der Waals surface area contributed by atoms with Crippen LogP contribution >= 0.6 is 31.9 Å². The van der Waals surface area contributed by atoms with Crippen molar-refractivity contribution in [2.45, 2.75) is 0 Å². The van der Waals surface area contributed by atoms with Crippen LogP contribution in [0.1, 0.15) is 0 Å². The molecule has 0 unspecified atom stereocenters. The second-order valence-corrected chi connectivity index (χ2v) is 3.74. The number of hydrogen-bond acceptors (Lipinski definition) is 2. The topological polar surface area (TPSA) is 18.5 Å². The van der Waals surface area contributed by atoms with Gasteiger partial charge in [-0.3, -0.25) is 0 Å². The quantitative estimate of drug-likeness (QED) is 0.727. The van der Waals surface area contributed by atoms with Crippen molar-refractivity contribution in [2.24, 2.45) is 0 Å². The zero-order valence-electron chi connectivity index (χ0n) is 5.43. The van der Waals surface area contributed by atoms with Gasteiger partial charge in [0.05, 0.1) is 4.47 Å². The standard InChI is InChI=1S/C7H4Br2O2/c8-4-1-2-5-6(9)7(4)11-3-10-5/h1-2H,3H2. The molecule has 2 rings (SSSR count). The van der Waals surface area contributed by atoms with E-state index in [9.17, 15) is 0 Å². The summed E-state index contributed by atoms with van der Waals surface area (Å²) >= 11 is 6.73. The van der Waals surface area contributed by atoms with E-state index >= 15 is 0 Å². The molecule has 0 fully saturated rings. The highest BCUT2D eigenvalue weighted by molar-refractivity contribution is 9.11. The Morgan fingerprint density at radius 3 is 2.73 bits per heavy atom. The van der Waals surface area contributed by atoms with Gasteiger partial charge in [-0.2, -0.15) is 0 Å². The molecule has 0 aromatic heterocycles. The average Bonchev–Trinajstić information content (AvgIpc) is 1.98. The third kappa shape index (κ3) is 1.14. The van der Waals surface area contributed by atoms with E-state index in [1.807, 2.05) is 12.1 Å². The van der Waals surface area contributed by atoms with E-state index in [1.165, 1.54) is 0 Å². The van der Waals surface area contributed by atoms with Crippen LogP contribution in [-0.4, -0.2) is 6.79 Å². The minimum atomic E-state index is 0.291. The molecule has 1 aromatic rings. The first-order valence-corrected chi connectivity index (χ1v) is 4.61. The first-order valence-electron chi connectivity index (χ1n) is 3.02. The van der Waals surface area contributed by atoms with E-state index in [0.717, 1.165) is 20.4 Å². The van der Waals surface area contributed by atoms with E-state index in [1.54, 1.807) is 0 Å². The van der Waals surface area contributed by atoms with Crippen LogP contribution in [0.5, 0.6) is 11.5 Å². The van der Waals surface area contributed by atoms with Crippen molar-refractivity contribution in [3.63, 3.8) is 0 Å². The second-order valence-electron chi connectivity index (χ2n) is 2.10. The number of rotatable bonds is 0. The Hall–Kier alpha value is -0.220. The van der Waals surface area contributed by atoms with Gasteiger partial charge < -0.3 is 9.47 Å². The Labute approximate surface area is 80.8 Å². The van der Waals surface area contributed by atoms with Crippen molar-refractivity contribution in [2.75, 3.05) is 6.79 Å². The summed E-state index contributed by atoms with van der Waals surface area (Å²) in [6.45, 7) is 0.291. The third-order valence-corrected chi connectivity index (χ3v) is 2.81. The summed E-state index contributed by atoms with van der Waals surface area (Å²) in [5, 5.41) is 0. The summed E-state index contributed by atoms with van der Waals surface area (Å²) in [6.07, 6.45) is 0. The van der Waals surface area contributed by atoms with Gasteiger partial charge in [-0.15, -0.1) is 0 Å². The van der Waals surface area contributed by atoms with Gasteiger partial charge in [-0.1, -0.05) is 0 Å². The normalized spacial score (nSPS) is 13.6. The van der Waals surface area contributed by atoms with E-state index in [0.29, 0.717) is 6.79 Å². The zero-order valence-corrected chi connectivity index (χ0v) is 8.61. The van der Waals surface area contributed by atoms with Crippen LogP contribution in [0, 0.1) is 0 Å². The Morgan fingerprint density at radius 1 is 1.18 bits per heavy atom. The van der Waals surface area contributed by atoms with Crippen molar-refractivity contribution in [1.29, 1.82) is 0 Å². The van der Waals surface area contributed by atoms with Crippen LogP contribution in [0.3, 0.4) is 0 Å². The summed E-state index contributed by atoms with van der Waals surface area (Å²) in [4.78, 5) is 0. The molecule has 0 saturated carbocycles. The molecule has 0 radical (unpaired) electrons. The molecule has 0 atom stereocenters. The number of ether oxygens (including phenoxy) is 2. The van der Waals surface area contributed by atoms with Gasteiger partial charge in [0.2, 0.25) is 6.79 Å². The fourth-order valence-corrected chi connectivity index (χ4v) is 2.20. The highest BCUT2D eigenvalue weighted by Gasteiger charge is 2.16. The van der Waals surface area contributed by atoms with E-state index < -0.39 is 0 Å². The lowest BCUT2D eigenvalue weighted by Crippen LogP contribution is -2.11. The first-order chi connectivity index (χ1) is 5.29. The molecule has 0 amide bonds. The molecule has 0 aliphatic carbocycles. The molecule has 1 aliphatic rings. The molecular formula is C7H4Br2O2. The van der Waals surface area contributed by atoms with Crippen LogP contribution < -0.4 is 9.47 Å². The molecule has 1 aromatic carbocycles. The van der Waals surface area contributed by atoms with Crippen LogP contribution in [0.2, 0.25) is 0 Å². The van der Waals surface area contributed by atoms with Gasteiger partial charge in [-0.05, 0) is 44.0 Å². The largest absolute Gasteiger partial charge is 0.456 e. The number of benzene rings is 1. The molecule has 0 saturated heterocycles. The van der Waals surface area contributed by atoms with Gasteiger partial charge in [0.1, 0.15) is 10.2 Å². The van der Waals surface area contributed by atoms with Crippen LogP contribution in [0.4, 0.5) is 0 Å². The predicted octanol–water partition coefficient (Wildman–Crippen LogP) is 2.94. The van der Waals surface area contributed by atoms with Gasteiger partial charge in [0.15, 0.2) is 5.75 Å². The average molecular weight is 280 g/mol. The lowest BCUT2D eigenvalue weighted by atomic mass is 10.3. The van der Waals surface area contributed by atoms with Crippen molar-refractivity contribution in [1.82, 2.24) is 0 Å². The summed E-state index contributed by atoms with van der Waals surface area (Å²) in [5.74, 6) is 1.64. The maximum absolute atomic E-state index is 5.23. The van der Waals surface area contributed by atoms with Gasteiger partial charge in [0.25, 0.3) is 0 Å². The molecule has 4 heteroatoms. The maximum atomic E-state index is 5.23. The fraction of sp³-hybridized carbons (Fsp3) is 0.143. The van der Waals surface area contributed by atoms with Crippen LogP contribution in [-0.2, 0) is 0 Å². The summed E-state index contributed by atoms with van der Waals surface area (Å²) < 4.78 is 12.2. The third-order valence-electron chi connectivity index (χ3n) is 1.43. The van der Waals surface area contributed by atoms with Gasteiger partial charge in [0, 0.05) is 0 Å². The molecule has 0 spiro atoms. The van der Waals surface area contributed by atoms with Crippen LogP contribution in [0.15, 0.2) is 21.1 Å². The Balaban J connectivity index is 2.66.